The van der Waals surface area contributed by atoms with Crippen LogP contribution in [0.3, 0.4) is 0 Å². The lowest BCUT2D eigenvalue weighted by atomic mass is 9.98. The van der Waals surface area contributed by atoms with Crippen LogP contribution in [0.25, 0.3) is 0 Å². The van der Waals surface area contributed by atoms with E-state index in [0.29, 0.717) is 31.8 Å². The van der Waals surface area contributed by atoms with Gasteiger partial charge in [0.2, 0.25) is 0 Å². The molecule has 0 aliphatic carbocycles. The zero-order valence-corrected chi connectivity index (χ0v) is 11.0. The largest absolute Gasteiger partial charge is 0.299 e. The fourth-order valence-electron chi connectivity index (χ4n) is 2.35. The summed E-state index contributed by atoms with van der Waals surface area (Å²) in [6, 6.07) is 7.66. The minimum Gasteiger partial charge on any atom is -0.299 e. The number of ketones is 2. The lowest BCUT2D eigenvalue weighted by Gasteiger charge is -2.29. The molecular weight excluding hydrogens is 226 g/mol. The number of carbonyl (C=O) groups excluding carboxylic acids is 2. The predicted molar refractivity (Wildman–Crippen MR) is 70.7 cm³/mol. The highest BCUT2D eigenvalue weighted by Gasteiger charge is 2.24. The minimum absolute atomic E-state index is 0.0593. The molecule has 1 saturated heterocycles. The molecule has 0 bridgehead atoms. The van der Waals surface area contributed by atoms with Crippen LogP contribution in [0.5, 0.6) is 0 Å². The number of carbonyl (C=O) groups is 2. The lowest BCUT2D eigenvalue weighted by molar-refractivity contribution is -0.125. The van der Waals surface area contributed by atoms with Crippen molar-refractivity contribution >= 4 is 11.6 Å². The maximum absolute atomic E-state index is 12.1. The van der Waals surface area contributed by atoms with Gasteiger partial charge in [0.05, 0.1) is 6.54 Å². The van der Waals surface area contributed by atoms with Crippen LogP contribution in [0, 0.1) is 12.8 Å². The Morgan fingerprint density at radius 3 is 2.89 bits per heavy atom. The average Bonchev–Trinajstić information content (AvgIpc) is 2.34. The summed E-state index contributed by atoms with van der Waals surface area (Å²) < 4.78 is 0. The quantitative estimate of drug-likeness (QED) is 0.765. The monoisotopic (exact) mass is 245 g/mol. The Morgan fingerprint density at radius 1 is 1.44 bits per heavy atom. The minimum atomic E-state index is 0.0593. The molecule has 18 heavy (non-hydrogen) atoms. The fourth-order valence-corrected chi connectivity index (χ4v) is 2.35. The third-order valence-electron chi connectivity index (χ3n) is 3.46. The van der Waals surface area contributed by atoms with E-state index < -0.39 is 0 Å². The van der Waals surface area contributed by atoms with E-state index in [1.54, 1.807) is 0 Å². The van der Waals surface area contributed by atoms with Crippen molar-refractivity contribution in [3.8, 4) is 0 Å². The Kier molecular flexibility index (Phi) is 3.92. The van der Waals surface area contributed by atoms with Gasteiger partial charge in [-0.2, -0.15) is 0 Å². The Hall–Kier alpha value is -1.48. The van der Waals surface area contributed by atoms with Gasteiger partial charge >= 0.3 is 0 Å². The fraction of sp³-hybridized carbons (Fsp3) is 0.467. The Balaban J connectivity index is 1.98. The van der Waals surface area contributed by atoms with Crippen molar-refractivity contribution in [2.45, 2.75) is 20.3 Å². The molecule has 0 N–H and O–H groups in total. The first-order valence-electron chi connectivity index (χ1n) is 6.41. The number of nitrogens with zero attached hydrogens (tertiary/aromatic N) is 1. The summed E-state index contributed by atoms with van der Waals surface area (Å²) in [6.45, 7) is 5.75. The molecule has 1 heterocycles. The van der Waals surface area contributed by atoms with Crippen LogP contribution in [0.4, 0.5) is 0 Å². The van der Waals surface area contributed by atoms with Gasteiger partial charge in [0.25, 0.3) is 0 Å². The summed E-state index contributed by atoms with van der Waals surface area (Å²) in [7, 11) is 0. The van der Waals surface area contributed by atoms with Crippen molar-refractivity contribution in [3.63, 3.8) is 0 Å². The molecule has 1 atom stereocenters. The number of piperidine rings is 1. The zero-order valence-electron chi connectivity index (χ0n) is 11.0. The first-order chi connectivity index (χ1) is 8.56. The molecule has 1 aliphatic rings. The van der Waals surface area contributed by atoms with E-state index in [2.05, 4.69) is 4.90 Å². The van der Waals surface area contributed by atoms with Crippen molar-refractivity contribution in [2.24, 2.45) is 5.92 Å². The standard InChI is InChI=1S/C15H19NO2/c1-11-4-3-5-13(8-11)15(18)10-16-7-6-14(17)12(2)9-16/h3-5,8,12H,6-7,9-10H2,1-2H3. The van der Waals surface area contributed by atoms with E-state index in [0.717, 1.165) is 11.1 Å². The summed E-state index contributed by atoms with van der Waals surface area (Å²) in [6.07, 6.45) is 0.572. The Morgan fingerprint density at radius 2 is 2.22 bits per heavy atom. The van der Waals surface area contributed by atoms with Gasteiger partial charge in [0.15, 0.2) is 5.78 Å². The first-order valence-corrected chi connectivity index (χ1v) is 6.41. The number of Topliss-reactive ketones (excluding diaryl/α,β-unsaturated/α-hetero) is 2. The van der Waals surface area contributed by atoms with Crippen molar-refractivity contribution in [2.75, 3.05) is 19.6 Å². The number of rotatable bonds is 3. The second-order valence-electron chi connectivity index (χ2n) is 5.15. The van der Waals surface area contributed by atoms with E-state index in [4.69, 9.17) is 0 Å². The molecule has 1 aromatic rings. The summed E-state index contributed by atoms with van der Waals surface area (Å²) in [5.41, 5.74) is 1.86. The smallest absolute Gasteiger partial charge is 0.176 e. The van der Waals surface area contributed by atoms with E-state index in [1.807, 2.05) is 38.1 Å². The van der Waals surface area contributed by atoms with Crippen molar-refractivity contribution < 1.29 is 9.59 Å². The van der Waals surface area contributed by atoms with Gasteiger partial charge in [-0.25, -0.2) is 0 Å². The van der Waals surface area contributed by atoms with Crippen molar-refractivity contribution in [1.29, 1.82) is 0 Å². The maximum Gasteiger partial charge on any atom is 0.176 e. The number of likely N-dealkylation sites (tertiary alicyclic amines) is 1. The average molecular weight is 245 g/mol. The van der Waals surface area contributed by atoms with Gasteiger partial charge in [0.1, 0.15) is 5.78 Å². The van der Waals surface area contributed by atoms with E-state index in [-0.39, 0.29) is 11.7 Å². The molecule has 3 nitrogen and oxygen atoms in total. The van der Waals surface area contributed by atoms with Gasteiger partial charge in [-0.3, -0.25) is 14.5 Å². The van der Waals surface area contributed by atoms with Gasteiger partial charge in [0, 0.05) is 31.0 Å². The molecule has 1 fully saturated rings. The topological polar surface area (TPSA) is 37.4 Å². The highest BCUT2D eigenvalue weighted by molar-refractivity contribution is 5.97. The molecular formula is C15H19NO2. The van der Waals surface area contributed by atoms with E-state index in [9.17, 15) is 9.59 Å². The van der Waals surface area contributed by atoms with Gasteiger partial charge in [-0.15, -0.1) is 0 Å². The summed E-state index contributed by atoms with van der Waals surface area (Å²) >= 11 is 0. The van der Waals surface area contributed by atoms with Gasteiger partial charge in [-0.1, -0.05) is 30.7 Å². The first kappa shape index (κ1) is 13.0. The van der Waals surface area contributed by atoms with Crippen LogP contribution in [0.2, 0.25) is 0 Å². The molecule has 1 unspecified atom stereocenters. The normalized spacial score (nSPS) is 21.0. The molecule has 1 aliphatic heterocycles. The van der Waals surface area contributed by atoms with Gasteiger partial charge in [-0.05, 0) is 13.0 Å². The number of aryl methyl sites for hydroxylation is 1. The van der Waals surface area contributed by atoms with E-state index >= 15 is 0 Å². The van der Waals surface area contributed by atoms with Crippen LogP contribution in [0.15, 0.2) is 24.3 Å². The molecule has 0 spiro atoms. The van der Waals surface area contributed by atoms with Crippen LogP contribution in [-0.2, 0) is 4.79 Å². The van der Waals surface area contributed by atoms with Crippen LogP contribution >= 0.6 is 0 Å². The van der Waals surface area contributed by atoms with Crippen LogP contribution < -0.4 is 0 Å². The highest BCUT2D eigenvalue weighted by Crippen LogP contribution is 2.13. The number of benzene rings is 1. The second-order valence-corrected chi connectivity index (χ2v) is 5.15. The summed E-state index contributed by atoms with van der Waals surface area (Å²) in [4.78, 5) is 25.6. The molecule has 0 amide bonds. The lowest BCUT2D eigenvalue weighted by Crippen LogP contribution is -2.42. The van der Waals surface area contributed by atoms with E-state index in [1.165, 1.54) is 0 Å². The number of hydrogen-bond donors (Lipinski definition) is 0. The molecule has 3 heteroatoms. The molecule has 0 aromatic heterocycles. The van der Waals surface area contributed by atoms with Crippen molar-refractivity contribution in [3.05, 3.63) is 35.4 Å². The van der Waals surface area contributed by atoms with Crippen LogP contribution in [0.1, 0.15) is 29.3 Å². The maximum atomic E-state index is 12.1. The third-order valence-corrected chi connectivity index (χ3v) is 3.46. The summed E-state index contributed by atoms with van der Waals surface area (Å²) in [5, 5.41) is 0. The van der Waals surface area contributed by atoms with Crippen LogP contribution in [-0.4, -0.2) is 36.1 Å². The second kappa shape index (κ2) is 5.44. The highest BCUT2D eigenvalue weighted by atomic mass is 16.1. The molecule has 0 saturated carbocycles. The summed E-state index contributed by atoms with van der Waals surface area (Å²) in [5.74, 6) is 0.513. The predicted octanol–water partition coefficient (Wildman–Crippen LogP) is 2.09. The Bertz CT molecular complexity index is 467. The SMILES string of the molecule is Cc1cccc(C(=O)CN2CCC(=O)C(C)C2)c1. The molecule has 2 rings (SSSR count). The Labute approximate surface area is 108 Å². The molecule has 1 aromatic carbocycles. The van der Waals surface area contributed by atoms with Crippen molar-refractivity contribution in [1.82, 2.24) is 4.90 Å². The molecule has 0 radical (unpaired) electrons. The van der Waals surface area contributed by atoms with Gasteiger partial charge < -0.3 is 0 Å². The molecule has 96 valence electrons. The third kappa shape index (κ3) is 3.05. The zero-order chi connectivity index (χ0) is 13.1. The number of hydrogen-bond acceptors (Lipinski definition) is 3.